The van der Waals surface area contributed by atoms with Gasteiger partial charge in [-0.3, -0.25) is 0 Å². The maximum atomic E-state index is 12.7. The molecular formula is C19H25ClN2O4S. The van der Waals surface area contributed by atoms with Gasteiger partial charge >= 0.3 is 0 Å². The highest BCUT2D eigenvalue weighted by atomic mass is 35.5. The van der Waals surface area contributed by atoms with Crippen molar-refractivity contribution in [3.63, 3.8) is 0 Å². The van der Waals surface area contributed by atoms with Gasteiger partial charge in [0.25, 0.3) is 0 Å². The number of nitrogens with one attached hydrogen (secondary N) is 1. The first-order valence-electron chi connectivity index (χ1n) is 8.62. The van der Waals surface area contributed by atoms with Crippen molar-refractivity contribution < 1.29 is 17.9 Å². The van der Waals surface area contributed by atoms with Crippen LogP contribution in [0.25, 0.3) is 0 Å². The molecular weight excluding hydrogens is 388 g/mol. The van der Waals surface area contributed by atoms with Gasteiger partial charge in [-0.2, -0.15) is 0 Å². The van der Waals surface area contributed by atoms with E-state index >= 15 is 0 Å². The summed E-state index contributed by atoms with van der Waals surface area (Å²) >= 11 is 0. The third-order valence-electron chi connectivity index (χ3n) is 4.34. The van der Waals surface area contributed by atoms with Gasteiger partial charge in [0.2, 0.25) is 10.0 Å². The van der Waals surface area contributed by atoms with Crippen LogP contribution >= 0.6 is 12.4 Å². The Labute approximate surface area is 166 Å². The third-order valence-corrected chi connectivity index (χ3v) is 5.79. The number of rotatable bonds is 6. The van der Waals surface area contributed by atoms with Crippen molar-refractivity contribution in [2.24, 2.45) is 5.73 Å². The summed E-state index contributed by atoms with van der Waals surface area (Å²) < 4.78 is 38.9. The van der Waals surface area contributed by atoms with Crippen LogP contribution in [0.4, 0.5) is 0 Å². The zero-order chi connectivity index (χ0) is 18.7. The second-order valence-electron chi connectivity index (χ2n) is 6.56. The van der Waals surface area contributed by atoms with E-state index in [0.717, 1.165) is 5.56 Å². The Morgan fingerprint density at radius 1 is 1.04 bits per heavy atom. The number of benzene rings is 2. The highest BCUT2D eigenvalue weighted by Crippen LogP contribution is 2.36. The molecule has 1 heterocycles. The number of hydrogen-bond donors (Lipinski definition) is 2. The van der Waals surface area contributed by atoms with Gasteiger partial charge < -0.3 is 15.2 Å². The first kappa shape index (κ1) is 21.5. The minimum absolute atomic E-state index is 0. The molecule has 1 aliphatic rings. The quantitative estimate of drug-likeness (QED) is 0.761. The van der Waals surface area contributed by atoms with Gasteiger partial charge in [-0.1, -0.05) is 44.2 Å². The Morgan fingerprint density at radius 2 is 1.67 bits per heavy atom. The molecule has 148 valence electrons. The van der Waals surface area contributed by atoms with Gasteiger partial charge in [-0.25, -0.2) is 13.1 Å². The summed E-state index contributed by atoms with van der Waals surface area (Å²) in [4.78, 5) is 0.0667. The molecule has 1 aliphatic heterocycles. The van der Waals surface area contributed by atoms with E-state index in [1.807, 2.05) is 24.3 Å². The standard InChI is InChI=1S/C19H24N2O4S.ClH/c1-13(2)14-6-8-15(9-7-14)16(20)12-21-26(22,23)18-5-3-4-17-19(18)25-11-10-24-17;/h3-9,13,16,21H,10-12,20H2,1-2H3;1H. The third kappa shape index (κ3) is 4.93. The molecule has 0 aliphatic carbocycles. The van der Waals surface area contributed by atoms with Crippen molar-refractivity contribution in [2.45, 2.75) is 30.7 Å². The monoisotopic (exact) mass is 412 g/mol. The number of fused-ring (bicyclic) bond motifs is 1. The van der Waals surface area contributed by atoms with E-state index in [1.165, 1.54) is 11.6 Å². The van der Waals surface area contributed by atoms with Crippen molar-refractivity contribution in [3.05, 3.63) is 53.6 Å². The number of sulfonamides is 1. The van der Waals surface area contributed by atoms with Gasteiger partial charge in [0.15, 0.2) is 11.5 Å². The van der Waals surface area contributed by atoms with E-state index in [4.69, 9.17) is 15.2 Å². The molecule has 3 N–H and O–H groups in total. The smallest absolute Gasteiger partial charge is 0.244 e. The topological polar surface area (TPSA) is 90.7 Å². The maximum Gasteiger partial charge on any atom is 0.244 e. The van der Waals surface area contributed by atoms with Crippen LogP contribution in [0.5, 0.6) is 11.5 Å². The lowest BCUT2D eigenvalue weighted by atomic mass is 9.99. The molecule has 0 aromatic heterocycles. The molecule has 0 spiro atoms. The Balaban J connectivity index is 0.00000261. The van der Waals surface area contributed by atoms with E-state index < -0.39 is 16.1 Å². The van der Waals surface area contributed by atoms with Crippen LogP contribution in [0, 0.1) is 0 Å². The summed E-state index contributed by atoms with van der Waals surface area (Å²) in [6, 6.07) is 12.3. The summed E-state index contributed by atoms with van der Waals surface area (Å²) in [5.41, 5.74) is 8.26. The zero-order valence-electron chi connectivity index (χ0n) is 15.3. The summed E-state index contributed by atoms with van der Waals surface area (Å²) in [6.45, 7) is 5.06. The minimum Gasteiger partial charge on any atom is -0.486 e. The lowest BCUT2D eigenvalue weighted by Crippen LogP contribution is -2.32. The normalized spacial score (nSPS) is 14.5. The van der Waals surface area contributed by atoms with Crippen LogP contribution in [0.15, 0.2) is 47.4 Å². The van der Waals surface area contributed by atoms with Crippen molar-refractivity contribution in [1.29, 1.82) is 0 Å². The number of ether oxygens (including phenoxy) is 2. The number of nitrogens with two attached hydrogens (primary N) is 1. The van der Waals surface area contributed by atoms with Crippen molar-refractivity contribution in [2.75, 3.05) is 19.8 Å². The molecule has 6 nitrogen and oxygen atoms in total. The lowest BCUT2D eigenvalue weighted by molar-refractivity contribution is 0.167. The van der Waals surface area contributed by atoms with Crippen LogP contribution in [0.1, 0.15) is 36.9 Å². The van der Waals surface area contributed by atoms with Crippen molar-refractivity contribution in [1.82, 2.24) is 4.72 Å². The first-order valence-corrected chi connectivity index (χ1v) is 10.1. The van der Waals surface area contributed by atoms with Gasteiger partial charge in [0.1, 0.15) is 18.1 Å². The molecule has 2 aromatic rings. The molecule has 27 heavy (non-hydrogen) atoms. The second-order valence-corrected chi connectivity index (χ2v) is 8.30. The highest BCUT2D eigenvalue weighted by molar-refractivity contribution is 7.89. The highest BCUT2D eigenvalue weighted by Gasteiger charge is 2.25. The Morgan fingerprint density at radius 3 is 2.33 bits per heavy atom. The van der Waals surface area contributed by atoms with Gasteiger partial charge in [0.05, 0.1) is 0 Å². The Kier molecular flexibility index (Phi) is 7.11. The molecule has 0 fully saturated rings. The number of halogens is 1. The molecule has 0 bridgehead atoms. The first-order chi connectivity index (χ1) is 12.4. The summed E-state index contributed by atoms with van der Waals surface area (Å²) in [6.07, 6.45) is 0. The largest absolute Gasteiger partial charge is 0.486 e. The maximum absolute atomic E-state index is 12.7. The van der Waals surface area contributed by atoms with E-state index in [1.54, 1.807) is 12.1 Å². The number of para-hydroxylation sites is 1. The van der Waals surface area contributed by atoms with E-state index in [2.05, 4.69) is 18.6 Å². The molecule has 8 heteroatoms. The van der Waals surface area contributed by atoms with E-state index in [0.29, 0.717) is 24.9 Å². The summed E-state index contributed by atoms with van der Waals surface area (Å²) in [7, 11) is -3.76. The van der Waals surface area contributed by atoms with Crippen molar-refractivity contribution >= 4 is 22.4 Å². The minimum atomic E-state index is -3.76. The SMILES string of the molecule is CC(C)c1ccc(C(N)CNS(=O)(=O)c2cccc3c2OCCO3)cc1.Cl. The molecule has 2 aromatic carbocycles. The molecule has 0 saturated heterocycles. The van der Waals surface area contributed by atoms with Gasteiger partial charge in [-0.15, -0.1) is 12.4 Å². The van der Waals surface area contributed by atoms with Gasteiger partial charge in [0, 0.05) is 12.6 Å². The molecule has 0 saturated carbocycles. The number of hydrogen-bond acceptors (Lipinski definition) is 5. The molecule has 0 radical (unpaired) electrons. The van der Waals surface area contributed by atoms with Crippen LogP contribution < -0.4 is 19.9 Å². The van der Waals surface area contributed by atoms with Crippen LogP contribution in [-0.2, 0) is 10.0 Å². The van der Waals surface area contributed by atoms with Crippen LogP contribution in [0.2, 0.25) is 0 Å². The second kappa shape index (κ2) is 8.93. The molecule has 0 amide bonds. The molecule has 1 unspecified atom stereocenters. The predicted octanol–water partition coefficient (Wildman–Crippen LogP) is 2.98. The average molecular weight is 413 g/mol. The van der Waals surface area contributed by atoms with Crippen LogP contribution in [-0.4, -0.2) is 28.2 Å². The van der Waals surface area contributed by atoms with E-state index in [9.17, 15) is 8.42 Å². The predicted molar refractivity (Wildman–Crippen MR) is 107 cm³/mol. The average Bonchev–Trinajstić information content (AvgIpc) is 2.65. The fourth-order valence-corrected chi connectivity index (χ4v) is 4.00. The molecule has 3 rings (SSSR count). The summed E-state index contributed by atoms with van der Waals surface area (Å²) in [5, 5.41) is 0. The Bertz CT molecular complexity index is 870. The van der Waals surface area contributed by atoms with Gasteiger partial charge in [-0.05, 0) is 29.2 Å². The zero-order valence-corrected chi connectivity index (χ0v) is 17.0. The Hall–Kier alpha value is -1.80. The fraction of sp³-hybridized carbons (Fsp3) is 0.368. The van der Waals surface area contributed by atoms with Crippen molar-refractivity contribution in [3.8, 4) is 11.5 Å². The fourth-order valence-electron chi connectivity index (χ4n) is 2.78. The van der Waals surface area contributed by atoms with E-state index in [-0.39, 0.29) is 29.6 Å². The summed E-state index contributed by atoms with van der Waals surface area (Å²) in [5.74, 6) is 1.12. The van der Waals surface area contributed by atoms with Crippen LogP contribution in [0.3, 0.4) is 0 Å². The lowest BCUT2D eigenvalue weighted by Gasteiger charge is -2.21. The molecule has 1 atom stereocenters.